The highest BCUT2D eigenvalue weighted by Crippen LogP contribution is 2.22. The lowest BCUT2D eigenvalue weighted by Crippen LogP contribution is -2.40. The average Bonchev–Trinajstić information content (AvgIpc) is 2.09. The molecule has 0 heterocycles. The summed E-state index contributed by atoms with van der Waals surface area (Å²) < 4.78 is 40.7. The highest BCUT2D eigenvalue weighted by atomic mass is 19.4. The van der Waals surface area contributed by atoms with Gasteiger partial charge in [-0.15, -0.1) is 0 Å². The van der Waals surface area contributed by atoms with Gasteiger partial charge in [0.25, 0.3) is 0 Å². The van der Waals surface area contributed by atoms with E-state index in [1.54, 1.807) is 13.8 Å². The molecule has 0 rings (SSSR count). The smallest absolute Gasteiger partial charge is 0.366 e. The van der Waals surface area contributed by atoms with Crippen LogP contribution in [0.5, 0.6) is 0 Å². The molecule has 0 radical (unpaired) electrons. The number of hydrogen-bond acceptors (Lipinski definition) is 3. The molecule has 0 aromatic carbocycles. The molecule has 0 saturated carbocycles. The Morgan fingerprint density at radius 3 is 2.20 bits per heavy atom. The van der Waals surface area contributed by atoms with Crippen LogP contribution in [0.25, 0.3) is 0 Å². The minimum Gasteiger partial charge on any atom is -0.366 e. The van der Waals surface area contributed by atoms with Gasteiger partial charge < -0.3 is 4.74 Å². The van der Waals surface area contributed by atoms with Crippen LogP contribution in [0.2, 0.25) is 0 Å². The molecule has 0 aliphatic carbocycles. The van der Waals surface area contributed by atoms with Gasteiger partial charge in [0.05, 0.1) is 12.7 Å². The number of nitriles is 1. The third-order valence-electron chi connectivity index (χ3n) is 1.66. The Labute approximate surface area is 87.2 Å². The van der Waals surface area contributed by atoms with Crippen molar-refractivity contribution in [3.63, 3.8) is 0 Å². The van der Waals surface area contributed by atoms with Crippen LogP contribution >= 0.6 is 0 Å². The van der Waals surface area contributed by atoms with E-state index in [9.17, 15) is 13.2 Å². The Morgan fingerprint density at radius 2 is 1.87 bits per heavy atom. The number of hydrogen-bond donors (Lipinski definition) is 1. The average molecular weight is 224 g/mol. The van der Waals surface area contributed by atoms with E-state index >= 15 is 0 Å². The van der Waals surface area contributed by atoms with Crippen molar-refractivity contribution in [2.75, 3.05) is 6.61 Å². The standard InChI is InChI=1S/C9H15F3N2O/c1-6(2)14-8(4-13)5-15-7(3)9(10,11)12/h6-8,14H,5H2,1-3H3. The van der Waals surface area contributed by atoms with Crippen LogP contribution in [0.1, 0.15) is 20.8 Å². The van der Waals surface area contributed by atoms with E-state index in [1.165, 1.54) is 0 Å². The normalized spacial score (nSPS) is 16.1. The number of alkyl halides is 3. The molecule has 0 aromatic heterocycles. The number of nitrogens with zero attached hydrogens (tertiary/aromatic N) is 1. The van der Waals surface area contributed by atoms with E-state index in [4.69, 9.17) is 5.26 Å². The first kappa shape index (κ1) is 14.2. The summed E-state index contributed by atoms with van der Waals surface area (Å²) in [4.78, 5) is 0. The lowest BCUT2D eigenvalue weighted by atomic mass is 10.3. The van der Waals surface area contributed by atoms with Crippen molar-refractivity contribution in [3.05, 3.63) is 0 Å². The van der Waals surface area contributed by atoms with Crippen molar-refractivity contribution in [1.82, 2.24) is 5.32 Å². The first-order valence-corrected chi connectivity index (χ1v) is 4.61. The Bertz CT molecular complexity index is 222. The molecule has 0 aliphatic rings. The molecule has 0 saturated heterocycles. The Hall–Kier alpha value is -0.800. The number of nitrogens with one attached hydrogen (secondary N) is 1. The maximum absolute atomic E-state index is 12.0. The van der Waals surface area contributed by atoms with E-state index in [2.05, 4.69) is 10.1 Å². The fourth-order valence-electron chi connectivity index (χ4n) is 0.860. The fraction of sp³-hybridized carbons (Fsp3) is 0.889. The predicted molar refractivity (Wildman–Crippen MR) is 49.1 cm³/mol. The van der Waals surface area contributed by atoms with Crippen molar-refractivity contribution in [2.45, 2.75) is 45.1 Å². The minimum absolute atomic E-state index is 0.0273. The zero-order valence-corrected chi connectivity index (χ0v) is 8.93. The van der Waals surface area contributed by atoms with Crippen molar-refractivity contribution in [2.24, 2.45) is 0 Å². The Balaban J connectivity index is 3.97. The summed E-state index contributed by atoms with van der Waals surface area (Å²) in [6.45, 7) is 4.26. The maximum Gasteiger partial charge on any atom is 0.414 e. The SMILES string of the molecule is CC(C)NC(C#N)COC(C)C(F)(F)F. The molecule has 3 nitrogen and oxygen atoms in total. The third-order valence-corrected chi connectivity index (χ3v) is 1.66. The molecule has 0 aliphatic heterocycles. The van der Waals surface area contributed by atoms with Gasteiger partial charge in [-0.2, -0.15) is 18.4 Å². The molecule has 0 amide bonds. The predicted octanol–water partition coefficient (Wildman–Crippen LogP) is 1.84. The van der Waals surface area contributed by atoms with Crippen molar-refractivity contribution in [3.8, 4) is 6.07 Å². The van der Waals surface area contributed by atoms with E-state index in [-0.39, 0.29) is 12.6 Å². The summed E-state index contributed by atoms with van der Waals surface area (Å²) in [5.41, 5.74) is 0. The second kappa shape index (κ2) is 5.93. The summed E-state index contributed by atoms with van der Waals surface area (Å²) in [6.07, 6.45) is -6.22. The van der Waals surface area contributed by atoms with Crippen LogP contribution in [0.4, 0.5) is 13.2 Å². The van der Waals surface area contributed by atoms with Gasteiger partial charge in [-0.25, -0.2) is 0 Å². The van der Waals surface area contributed by atoms with Gasteiger partial charge in [0.2, 0.25) is 0 Å². The summed E-state index contributed by atoms with van der Waals surface area (Å²) in [7, 11) is 0. The van der Waals surface area contributed by atoms with Gasteiger partial charge in [0.15, 0.2) is 6.10 Å². The Kier molecular flexibility index (Phi) is 5.61. The molecule has 88 valence electrons. The van der Waals surface area contributed by atoms with Crippen molar-refractivity contribution >= 4 is 0 Å². The topological polar surface area (TPSA) is 45.0 Å². The molecule has 15 heavy (non-hydrogen) atoms. The van der Waals surface area contributed by atoms with E-state index in [1.807, 2.05) is 6.07 Å². The second-order valence-electron chi connectivity index (χ2n) is 3.52. The quantitative estimate of drug-likeness (QED) is 0.775. The van der Waals surface area contributed by atoms with Gasteiger partial charge in [0, 0.05) is 6.04 Å². The molecule has 0 fully saturated rings. The van der Waals surface area contributed by atoms with E-state index in [0.717, 1.165) is 6.92 Å². The van der Waals surface area contributed by atoms with Crippen LogP contribution in [-0.2, 0) is 4.74 Å². The molecule has 2 atom stereocenters. The van der Waals surface area contributed by atoms with Gasteiger partial charge in [0.1, 0.15) is 6.04 Å². The van der Waals surface area contributed by atoms with Crippen molar-refractivity contribution in [1.29, 1.82) is 5.26 Å². The van der Waals surface area contributed by atoms with E-state index in [0.29, 0.717) is 0 Å². The second-order valence-corrected chi connectivity index (χ2v) is 3.52. The lowest BCUT2D eigenvalue weighted by molar-refractivity contribution is -0.214. The van der Waals surface area contributed by atoms with Gasteiger partial charge in [-0.1, -0.05) is 0 Å². The van der Waals surface area contributed by atoms with Gasteiger partial charge in [-0.3, -0.25) is 5.32 Å². The first-order chi connectivity index (χ1) is 6.77. The van der Waals surface area contributed by atoms with Crippen LogP contribution in [0.3, 0.4) is 0 Å². The molecular formula is C9H15F3N2O. The summed E-state index contributed by atoms with van der Waals surface area (Å²) >= 11 is 0. The molecule has 1 N–H and O–H groups in total. The Morgan fingerprint density at radius 1 is 1.33 bits per heavy atom. The van der Waals surface area contributed by atoms with E-state index < -0.39 is 18.3 Å². The highest BCUT2D eigenvalue weighted by molar-refractivity contribution is 4.90. The lowest BCUT2D eigenvalue weighted by Gasteiger charge is -2.19. The minimum atomic E-state index is -4.38. The highest BCUT2D eigenvalue weighted by Gasteiger charge is 2.37. The molecule has 0 aromatic rings. The largest absolute Gasteiger partial charge is 0.414 e. The zero-order chi connectivity index (χ0) is 12.1. The van der Waals surface area contributed by atoms with Crippen molar-refractivity contribution < 1.29 is 17.9 Å². The number of ether oxygens (including phenoxy) is 1. The fourth-order valence-corrected chi connectivity index (χ4v) is 0.860. The molecular weight excluding hydrogens is 209 g/mol. The zero-order valence-electron chi connectivity index (χ0n) is 8.93. The van der Waals surface area contributed by atoms with Crippen LogP contribution in [-0.4, -0.2) is 31.0 Å². The third kappa shape index (κ3) is 6.31. The van der Waals surface area contributed by atoms with Gasteiger partial charge in [-0.05, 0) is 20.8 Å². The monoisotopic (exact) mass is 224 g/mol. The number of halogens is 3. The van der Waals surface area contributed by atoms with Crippen LogP contribution in [0, 0.1) is 11.3 Å². The summed E-state index contributed by atoms with van der Waals surface area (Å²) in [5.74, 6) is 0. The summed E-state index contributed by atoms with van der Waals surface area (Å²) in [6, 6.07) is 1.15. The van der Waals surface area contributed by atoms with Gasteiger partial charge >= 0.3 is 6.18 Å². The maximum atomic E-state index is 12.0. The van der Waals surface area contributed by atoms with Crippen LogP contribution < -0.4 is 5.32 Å². The molecule has 0 spiro atoms. The van der Waals surface area contributed by atoms with Crippen LogP contribution in [0.15, 0.2) is 0 Å². The number of rotatable bonds is 5. The molecule has 6 heteroatoms. The summed E-state index contributed by atoms with van der Waals surface area (Å²) in [5, 5.41) is 11.4. The first-order valence-electron chi connectivity index (χ1n) is 4.61. The molecule has 2 unspecified atom stereocenters. The molecule has 0 bridgehead atoms.